The number of halogens is 3. The van der Waals surface area contributed by atoms with E-state index in [1.807, 2.05) is 11.8 Å². The maximum Gasteiger partial charge on any atom is 0.150 e. The third-order valence-electron chi connectivity index (χ3n) is 2.52. The summed E-state index contributed by atoms with van der Waals surface area (Å²) in [4.78, 5) is 0. The highest BCUT2D eigenvalue weighted by atomic mass is 35.5. The molecule has 1 N–H and O–H groups in total. The van der Waals surface area contributed by atoms with Gasteiger partial charge < -0.3 is 5.32 Å². The Morgan fingerprint density at radius 3 is 2.81 bits per heavy atom. The molecule has 1 nitrogen and oxygen atoms in total. The molecule has 1 saturated heterocycles. The van der Waals surface area contributed by atoms with Gasteiger partial charge in [-0.25, -0.2) is 8.78 Å². The molecule has 16 heavy (non-hydrogen) atoms. The van der Waals surface area contributed by atoms with Gasteiger partial charge in [-0.3, -0.25) is 0 Å². The van der Waals surface area contributed by atoms with Gasteiger partial charge in [0.15, 0.2) is 5.82 Å². The van der Waals surface area contributed by atoms with Crippen molar-refractivity contribution in [3.63, 3.8) is 0 Å². The lowest BCUT2D eigenvalue weighted by molar-refractivity contribution is 0.581. The topological polar surface area (TPSA) is 12.0 Å². The molecule has 1 atom stereocenters. The number of hydrogen-bond donors (Lipinski definition) is 1. The standard InChI is InChI=1S/C11H12ClF2NS/c12-9-4-7(13)5-10(14)11(9)15-8-2-1-3-16-6-8/h4-5,8,15H,1-3,6H2. The Kier molecular flexibility index (Phi) is 3.92. The lowest BCUT2D eigenvalue weighted by Gasteiger charge is -2.24. The fourth-order valence-corrected chi connectivity index (χ4v) is 3.06. The number of anilines is 1. The van der Waals surface area contributed by atoms with E-state index in [9.17, 15) is 8.78 Å². The molecule has 0 bridgehead atoms. The van der Waals surface area contributed by atoms with Gasteiger partial charge in [0.25, 0.3) is 0 Å². The van der Waals surface area contributed by atoms with Crippen molar-refractivity contribution in [2.45, 2.75) is 18.9 Å². The van der Waals surface area contributed by atoms with Gasteiger partial charge in [-0.15, -0.1) is 0 Å². The van der Waals surface area contributed by atoms with Gasteiger partial charge in [0.2, 0.25) is 0 Å². The van der Waals surface area contributed by atoms with Crippen molar-refractivity contribution in [2.24, 2.45) is 0 Å². The van der Waals surface area contributed by atoms with Gasteiger partial charge in [-0.2, -0.15) is 11.8 Å². The summed E-state index contributed by atoms with van der Waals surface area (Å²) in [5, 5.41) is 3.15. The lowest BCUT2D eigenvalue weighted by Crippen LogP contribution is -2.26. The molecular formula is C11H12ClF2NS. The third-order valence-corrected chi connectivity index (χ3v) is 4.03. The molecule has 0 aliphatic carbocycles. The Labute approximate surface area is 103 Å². The second kappa shape index (κ2) is 5.23. The first kappa shape index (κ1) is 12.0. The van der Waals surface area contributed by atoms with E-state index in [2.05, 4.69) is 5.32 Å². The first-order valence-electron chi connectivity index (χ1n) is 5.15. The Morgan fingerprint density at radius 2 is 2.19 bits per heavy atom. The minimum atomic E-state index is -0.647. The second-order valence-electron chi connectivity index (χ2n) is 3.80. The Balaban J connectivity index is 2.14. The van der Waals surface area contributed by atoms with Crippen LogP contribution in [0.2, 0.25) is 5.02 Å². The summed E-state index contributed by atoms with van der Waals surface area (Å²) < 4.78 is 26.3. The summed E-state index contributed by atoms with van der Waals surface area (Å²) in [5.41, 5.74) is 0.218. The highest BCUT2D eigenvalue weighted by molar-refractivity contribution is 7.99. The molecule has 1 fully saturated rings. The summed E-state index contributed by atoms with van der Waals surface area (Å²) in [6.45, 7) is 0. The van der Waals surface area contributed by atoms with Crippen LogP contribution in [0.4, 0.5) is 14.5 Å². The molecule has 5 heteroatoms. The predicted octanol–water partition coefficient (Wildman–Crippen LogP) is 3.93. The first-order valence-corrected chi connectivity index (χ1v) is 6.69. The van der Waals surface area contributed by atoms with Crippen LogP contribution >= 0.6 is 23.4 Å². The molecule has 0 radical (unpaired) electrons. The molecule has 2 rings (SSSR count). The molecule has 1 heterocycles. The average Bonchev–Trinajstić information content (AvgIpc) is 2.25. The van der Waals surface area contributed by atoms with Crippen LogP contribution in [0.1, 0.15) is 12.8 Å². The first-order chi connectivity index (χ1) is 7.66. The lowest BCUT2D eigenvalue weighted by atomic mass is 10.1. The van der Waals surface area contributed by atoms with Gasteiger partial charge in [-0.1, -0.05) is 11.6 Å². The SMILES string of the molecule is Fc1cc(F)c(NC2CCCSC2)c(Cl)c1. The van der Waals surface area contributed by atoms with Crippen LogP contribution in [0.25, 0.3) is 0 Å². The van der Waals surface area contributed by atoms with Crippen LogP contribution in [0, 0.1) is 11.6 Å². The van der Waals surface area contributed by atoms with Crippen LogP contribution in [0.5, 0.6) is 0 Å². The predicted molar refractivity (Wildman–Crippen MR) is 65.3 cm³/mol. The van der Waals surface area contributed by atoms with Crippen molar-refractivity contribution in [1.82, 2.24) is 0 Å². The summed E-state index contributed by atoms with van der Waals surface area (Å²) in [7, 11) is 0. The zero-order valence-corrected chi connectivity index (χ0v) is 10.2. The maximum atomic E-state index is 13.5. The summed E-state index contributed by atoms with van der Waals surface area (Å²) in [6, 6.07) is 2.20. The van der Waals surface area contributed by atoms with Crippen LogP contribution in [-0.4, -0.2) is 17.5 Å². The molecule has 0 saturated carbocycles. The molecule has 0 spiro atoms. The zero-order valence-electron chi connectivity index (χ0n) is 8.60. The van der Waals surface area contributed by atoms with Crippen molar-refractivity contribution >= 4 is 29.1 Å². The van der Waals surface area contributed by atoms with E-state index in [-0.39, 0.29) is 16.8 Å². The van der Waals surface area contributed by atoms with Crippen molar-refractivity contribution < 1.29 is 8.78 Å². The highest BCUT2D eigenvalue weighted by Gasteiger charge is 2.17. The van der Waals surface area contributed by atoms with E-state index in [0.717, 1.165) is 36.5 Å². The molecule has 1 aromatic carbocycles. The van der Waals surface area contributed by atoms with Gasteiger partial charge in [0.1, 0.15) is 5.82 Å². The molecule has 0 aromatic heterocycles. The molecule has 1 aliphatic rings. The van der Waals surface area contributed by atoms with Crippen molar-refractivity contribution in [3.05, 3.63) is 28.8 Å². The minimum Gasteiger partial charge on any atom is -0.378 e. The van der Waals surface area contributed by atoms with E-state index in [4.69, 9.17) is 11.6 Å². The van der Waals surface area contributed by atoms with Crippen LogP contribution in [0.3, 0.4) is 0 Å². The normalized spacial score (nSPS) is 20.8. The number of benzene rings is 1. The summed E-state index contributed by atoms with van der Waals surface area (Å²) in [5.74, 6) is 0.817. The third kappa shape index (κ3) is 2.80. The molecule has 1 aromatic rings. The Morgan fingerprint density at radius 1 is 1.38 bits per heavy atom. The number of thioether (sulfide) groups is 1. The largest absolute Gasteiger partial charge is 0.378 e. The van der Waals surface area contributed by atoms with E-state index in [0.29, 0.717) is 0 Å². The molecule has 88 valence electrons. The van der Waals surface area contributed by atoms with E-state index < -0.39 is 11.6 Å². The van der Waals surface area contributed by atoms with Gasteiger partial charge in [-0.05, 0) is 24.7 Å². The van der Waals surface area contributed by atoms with Crippen LogP contribution in [-0.2, 0) is 0 Å². The van der Waals surface area contributed by atoms with Crippen molar-refractivity contribution in [2.75, 3.05) is 16.8 Å². The fourth-order valence-electron chi connectivity index (χ4n) is 1.74. The van der Waals surface area contributed by atoms with Gasteiger partial charge >= 0.3 is 0 Å². The smallest absolute Gasteiger partial charge is 0.150 e. The zero-order chi connectivity index (χ0) is 11.5. The highest BCUT2D eigenvalue weighted by Crippen LogP contribution is 2.29. The van der Waals surface area contributed by atoms with E-state index >= 15 is 0 Å². The number of nitrogens with one attached hydrogen (secondary N) is 1. The average molecular weight is 264 g/mol. The van der Waals surface area contributed by atoms with Crippen LogP contribution in [0.15, 0.2) is 12.1 Å². The van der Waals surface area contributed by atoms with Gasteiger partial charge in [0.05, 0.1) is 10.7 Å². The number of hydrogen-bond acceptors (Lipinski definition) is 2. The quantitative estimate of drug-likeness (QED) is 0.868. The molecule has 0 amide bonds. The second-order valence-corrected chi connectivity index (χ2v) is 5.36. The van der Waals surface area contributed by atoms with E-state index in [1.165, 1.54) is 0 Å². The summed E-state index contributed by atoms with van der Waals surface area (Å²) >= 11 is 7.64. The van der Waals surface area contributed by atoms with Crippen molar-refractivity contribution in [1.29, 1.82) is 0 Å². The van der Waals surface area contributed by atoms with Crippen LogP contribution < -0.4 is 5.32 Å². The number of rotatable bonds is 2. The Hall–Kier alpha value is -0.480. The van der Waals surface area contributed by atoms with Gasteiger partial charge in [0, 0.05) is 17.9 Å². The minimum absolute atomic E-state index is 0.105. The molecule has 1 aliphatic heterocycles. The van der Waals surface area contributed by atoms with Crippen molar-refractivity contribution in [3.8, 4) is 0 Å². The fraction of sp³-hybridized carbons (Fsp3) is 0.455. The maximum absolute atomic E-state index is 13.5. The van der Waals surface area contributed by atoms with E-state index in [1.54, 1.807) is 0 Å². The molecular weight excluding hydrogens is 252 g/mol. The Bertz CT molecular complexity index is 357. The molecule has 1 unspecified atom stereocenters. The summed E-state index contributed by atoms with van der Waals surface area (Å²) in [6.07, 6.45) is 2.11. The monoisotopic (exact) mass is 263 g/mol.